The number of hydrogen-bond acceptors (Lipinski definition) is 3. The zero-order valence-electron chi connectivity index (χ0n) is 8.34. The van der Waals surface area contributed by atoms with Crippen molar-refractivity contribution >= 4 is 23.9 Å². The van der Waals surface area contributed by atoms with Crippen LogP contribution in [0.5, 0.6) is 0 Å². The summed E-state index contributed by atoms with van der Waals surface area (Å²) in [6, 6.07) is 8.38. The molecule has 3 nitrogen and oxygen atoms in total. The van der Waals surface area contributed by atoms with Gasteiger partial charge in [-0.05, 0) is 30.0 Å². The molecule has 0 bridgehead atoms. The molecule has 0 aliphatic heterocycles. The van der Waals surface area contributed by atoms with Crippen LogP contribution < -0.4 is 0 Å². The highest BCUT2D eigenvalue weighted by Crippen LogP contribution is 2.15. The third-order valence-electron chi connectivity index (χ3n) is 2.00. The predicted molar refractivity (Wildman–Crippen MR) is 63.5 cm³/mol. The molecule has 76 valence electrons. The van der Waals surface area contributed by atoms with Crippen molar-refractivity contribution < 1.29 is 0 Å². The second-order valence-corrected chi connectivity index (χ2v) is 3.88. The van der Waals surface area contributed by atoms with E-state index in [1.54, 1.807) is 18.0 Å². The maximum Gasteiger partial charge on any atom is 0.105 e. The van der Waals surface area contributed by atoms with Gasteiger partial charge in [0.15, 0.2) is 0 Å². The maximum absolute atomic E-state index is 3.94. The van der Waals surface area contributed by atoms with Crippen molar-refractivity contribution in [2.24, 2.45) is 0 Å². The molecule has 1 aromatic carbocycles. The molecule has 1 aromatic heterocycles. The zero-order chi connectivity index (χ0) is 10.5. The van der Waals surface area contributed by atoms with Crippen molar-refractivity contribution in [2.75, 3.05) is 6.26 Å². The van der Waals surface area contributed by atoms with Gasteiger partial charge in [-0.15, -0.1) is 11.8 Å². The van der Waals surface area contributed by atoms with Gasteiger partial charge in [-0.2, -0.15) is 15.4 Å². The van der Waals surface area contributed by atoms with Crippen molar-refractivity contribution in [1.82, 2.24) is 15.4 Å². The van der Waals surface area contributed by atoms with Crippen molar-refractivity contribution in [1.29, 1.82) is 0 Å². The van der Waals surface area contributed by atoms with Crippen molar-refractivity contribution in [3.8, 4) is 0 Å². The minimum atomic E-state index is 0.837. The first-order valence-corrected chi connectivity index (χ1v) is 5.79. The molecule has 15 heavy (non-hydrogen) atoms. The molecule has 0 spiro atoms. The summed E-state index contributed by atoms with van der Waals surface area (Å²) in [6.07, 6.45) is 7.70. The van der Waals surface area contributed by atoms with Gasteiger partial charge in [-0.3, -0.25) is 0 Å². The number of benzene rings is 1. The first-order valence-electron chi connectivity index (χ1n) is 4.56. The maximum atomic E-state index is 3.94. The number of thioether (sulfide) groups is 1. The summed E-state index contributed by atoms with van der Waals surface area (Å²) in [6.45, 7) is 0. The van der Waals surface area contributed by atoms with Gasteiger partial charge in [0.2, 0.25) is 0 Å². The fourth-order valence-electron chi connectivity index (χ4n) is 1.19. The van der Waals surface area contributed by atoms with E-state index in [0.717, 1.165) is 11.3 Å². The standard InChI is InChI=1S/C11H11N3S/c1-15-11-6-3-9(4-7-11)2-5-10-8-12-14-13-10/h2-8H,1H3,(H,12,13,14)/b5-2+. The highest BCUT2D eigenvalue weighted by Gasteiger charge is 1.91. The van der Waals surface area contributed by atoms with Gasteiger partial charge in [-0.1, -0.05) is 18.2 Å². The Hall–Kier alpha value is -1.55. The largest absolute Gasteiger partial charge is 0.197 e. The lowest BCUT2D eigenvalue weighted by molar-refractivity contribution is 0.937. The van der Waals surface area contributed by atoms with E-state index in [2.05, 4.69) is 45.9 Å². The monoisotopic (exact) mass is 217 g/mol. The Bertz CT molecular complexity index is 431. The Morgan fingerprint density at radius 2 is 2.00 bits per heavy atom. The number of hydrogen-bond donors (Lipinski definition) is 1. The number of nitrogens with zero attached hydrogens (tertiary/aromatic N) is 2. The summed E-state index contributed by atoms with van der Waals surface area (Å²) < 4.78 is 0. The van der Waals surface area contributed by atoms with Crippen LogP contribution in [0.15, 0.2) is 35.4 Å². The molecule has 0 saturated heterocycles. The molecule has 4 heteroatoms. The lowest BCUT2D eigenvalue weighted by Crippen LogP contribution is -1.74. The molecule has 0 fully saturated rings. The van der Waals surface area contributed by atoms with Crippen LogP contribution in [0.2, 0.25) is 0 Å². The fraction of sp³-hybridized carbons (Fsp3) is 0.0909. The lowest BCUT2D eigenvalue weighted by Gasteiger charge is -1.96. The SMILES string of the molecule is CSc1ccc(/C=C/c2cn[nH]n2)cc1. The van der Waals surface area contributed by atoms with E-state index < -0.39 is 0 Å². The molecule has 0 amide bonds. The van der Waals surface area contributed by atoms with E-state index in [1.165, 1.54) is 4.90 Å². The fourth-order valence-corrected chi connectivity index (χ4v) is 1.60. The third-order valence-corrected chi connectivity index (χ3v) is 2.74. The van der Waals surface area contributed by atoms with Gasteiger partial charge >= 0.3 is 0 Å². The molecule has 0 unspecified atom stereocenters. The smallest absolute Gasteiger partial charge is 0.105 e. The van der Waals surface area contributed by atoms with Crippen molar-refractivity contribution in [2.45, 2.75) is 4.90 Å². The van der Waals surface area contributed by atoms with E-state index in [4.69, 9.17) is 0 Å². The molecular formula is C11H11N3S. The molecule has 0 radical (unpaired) electrons. The van der Waals surface area contributed by atoms with Crippen LogP contribution in [0.4, 0.5) is 0 Å². The van der Waals surface area contributed by atoms with Crippen molar-refractivity contribution in [3.63, 3.8) is 0 Å². The Balaban J connectivity index is 2.11. The van der Waals surface area contributed by atoms with E-state index in [-0.39, 0.29) is 0 Å². The predicted octanol–water partition coefficient (Wildman–Crippen LogP) is 2.70. The Morgan fingerprint density at radius 1 is 1.20 bits per heavy atom. The molecule has 1 heterocycles. The third kappa shape index (κ3) is 2.70. The number of aromatic amines is 1. The summed E-state index contributed by atoms with van der Waals surface area (Å²) in [5.41, 5.74) is 2.00. The Morgan fingerprint density at radius 3 is 2.60 bits per heavy atom. The second kappa shape index (κ2) is 4.79. The van der Waals surface area contributed by atoms with Crippen LogP contribution in [0.1, 0.15) is 11.3 Å². The minimum Gasteiger partial charge on any atom is -0.197 e. The summed E-state index contributed by atoms with van der Waals surface area (Å²) >= 11 is 1.74. The summed E-state index contributed by atoms with van der Waals surface area (Å²) in [4.78, 5) is 1.27. The average molecular weight is 217 g/mol. The van der Waals surface area contributed by atoms with Crippen LogP contribution in [-0.4, -0.2) is 21.7 Å². The van der Waals surface area contributed by atoms with Crippen LogP contribution >= 0.6 is 11.8 Å². The quantitative estimate of drug-likeness (QED) is 0.804. The minimum absolute atomic E-state index is 0.837. The van der Waals surface area contributed by atoms with Crippen LogP contribution in [0.3, 0.4) is 0 Å². The molecule has 2 rings (SSSR count). The Kier molecular flexibility index (Phi) is 3.19. The summed E-state index contributed by atoms with van der Waals surface area (Å²) in [5.74, 6) is 0. The van der Waals surface area contributed by atoms with E-state index >= 15 is 0 Å². The molecule has 0 aliphatic rings. The first kappa shape index (κ1) is 9.98. The second-order valence-electron chi connectivity index (χ2n) is 3.00. The highest BCUT2D eigenvalue weighted by atomic mass is 32.2. The van der Waals surface area contributed by atoms with Gasteiger partial charge in [0, 0.05) is 4.90 Å². The lowest BCUT2D eigenvalue weighted by atomic mass is 10.2. The van der Waals surface area contributed by atoms with Crippen molar-refractivity contribution in [3.05, 3.63) is 41.7 Å². The zero-order valence-corrected chi connectivity index (χ0v) is 9.16. The molecule has 0 aliphatic carbocycles. The number of H-pyrrole nitrogens is 1. The van der Waals surface area contributed by atoms with Gasteiger partial charge in [0.25, 0.3) is 0 Å². The normalized spacial score (nSPS) is 11.0. The van der Waals surface area contributed by atoms with E-state index in [0.29, 0.717) is 0 Å². The topological polar surface area (TPSA) is 41.6 Å². The van der Waals surface area contributed by atoms with Gasteiger partial charge in [0.05, 0.1) is 6.20 Å². The Labute approximate surface area is 92.6 Å². The molecule has 1 N–H and O–H groups in total. The first-order chi connectivity index (χ1) is 7.38. The number of rotatable bonds is 3. The van der Waals surface area contributed by atoms with Crippen LogP contribution in [-0.2, 0) is 0 Å². The number of nitrogens with one attached hydrogen (secondary N) is 1. The average Bonchev–Trinajstić information content (AvgIpc) is 2.80. The summed E-state index contributed by atoms with van der Waals surface area (Å²) in [5, 5.41) is 10.2. The molecule has 0 atom stereocenters. The van der Waals surface area contributed by atoms with E-state index in [9.17, 15) is 0 Å². The number of aromatic nitrogens is 3. The molecule has 0 saturated carbocycles. The highest BCUT2D eigenvalue weighted by molar-refractivity contribution is 7.98. The van der Waals surface area contributed by atoms with Gasteiger partial charge in [-0.25, -0.2) is 0 Å². The van der Waals surface area contributed by atoms with Crippen LogP contribution in [0.25, 0.3) is 12.2 Å². The van der Waals surface area contributed by atoms with Crippen LogP contribution in [0, 0.1) is 0 Å². The van der Waals surface area contributed by atoms with Gasteiger partial charge < -0.3 is 0 Å². The van der Waals surface area contributed by atoms with Gasteiger partial charge in [0.1, 0.15) is 5.69 Å². The van der Waals surface area contributed by atoms with E-state index in [1.807, 2.05) is 12.2 Å². The summed E-state index contributed by atoms with van der Waals surface area (Å²) in [7, 11) is 0. The molecular weight excluding hydrogens is 206 g/mol. The molecule has 2 aromatic rings.